The first kappa shape index (κ1) is 12.5. The van der Waals surface area contributed by atoms with Crippen molar-refractivity contribution in [1.29, 1.82) is 0 Å². The van der Waals surface area contributed by atoms with Gasteiger partial charge in [0.05, 0.1) is 5.53 Å². The molecule has 0 aliphatic heterocycles. The fourth-order valence-corrected chi connectivity index (χ4v) is 3.70. The summed E-state index contributed by atoms with van der Waals surface area (Å²) >= 11 is 10.3. The number of rotatable bonds is 7. The normalized spacial score (nSPS) is 10.9. The molecular formula is C7H17PS3. The monoisotopic (exact) mass is 228 g/mol. The minimum absolute atomic E-state index is 0.319. The van der Waals surface area contributed by atoms with Gasteiger partial charge in [0.25, 0.3) is 0 Å². The first-order valence-corrected chi connectivity index (χ1v) is 9.32. The van der Waals surface area contributed by atoms with Gasteiger partial charge >= 0.3 is 0 Å². The first-order valence-electron chi connectivity index (χ1n) is 4.08. The molecule has 68 valence electrons. The smallest absolute Gasteiger partial charge is 0.0666 e. The molecule has 0 heterocycles. The molecule has 0 saturated heterocycles. The predicted octanol–water partition coefficient (Wildman–Crippen LogP) is 4.78. The molecule has 11 heavy (non-hydrogen) atoms. The van der Waals surface area contributed by atoms with Crippen LogP contribution in [0.4, 0.5) is 0 Å². The van der Waals surface area contributed by atoms with Crippen molar-refractivity contribution < 1.29 is 0 Å². The van der Waals surface area contributed by atoms with E-state index in [1.165, 1.54) is 37.9 Å². The summed E-state index contributed by atoms with van der Waals surface area (Å²) in [5.41, 5.74) is -0.319. The summed E-state index contributed by atoms with van der Waals surface area (Å²) < 4.78 is 0. The summed E-state index contributed by atoms with van der Waals surface area (Å²) in [5, 5.41) is 0. The van der Waals surface area contributed by atoms with Gasteiger partial charge in [0.1, 0.15) is 0 Å². The van der Waals surface area contributed by atoms with Gasteiger partial charge in [-0.3, -0.25) is 0 Å². The molecule has 0 rings (SSSR count). The van der Waals surface area contributed by atoms with Crippen LogP contribution in [-0.4, -0.2) is 5.75 Å². The summed E-state index contributed by atoms with van der Waals surface area (Å²) in [4.78, 5) is 0. The van der Waals surface area contributed by atoms with Crippen LogP contribution in [0.25, 0.3) is 0 Å². The zero-order chi connectivity index (χ0) is 8.53. The summed E-state index contributed by atoms with van der Waals surface area (Å²) in [6.07, 6.45) is 6.84. The van der Waals surface area contributed by atoms with Crippen LogP contribution >= 0.6 is 41.4 Å². The maximum atomic E-state index is 4.23. The van der Waals surface area contributed by atoms with E-state index in [2.05, 4.69) is 31.4 Å². The van der Waals surface area contributed by atoms with E-state index < -0.39 is 0 Å². The van der Waals surface area contributed by atoms with E-state index in [9.17, 15) is 0 Å². The molecule has 0 aromatic heterocycles. The molecule has 0 aromatic rings. The van der Waals surface area contributed by atoms with Gasteiger partial charge in [-0.1, -0.05) is 32.6 Å². The highest BCUT2D eigenvalue weighted by molar-refractivity contribution is 9.06. The average Bonchev–Trinajstić information content (AvgIpc) is 1.96. The number of hydrogen-bond acceptors (Lipinski definition) is 3. The third-order valence-corrected chi connectivity index (χ3v) is 5.48. The molecule has 0 bridgehead atoms. The highest BCUT2D eigenvalue weighted by Gasteiger charge is 1.94. The fourth-order valence-electron chi connectivity index (χ4n) is 0.852. The maximum absolute atomic E-state index is 4.23. The molecule has 0 nitrogen and oxygen atoms in total. The molecule has 0 spiro atoms. The van der Waals surface area contributed by atoms with Crippen LogP contribution in [0.5, 0.6) is 0 Å². The zero-order valence-corrected chi connectivity index (χ0v) is 10.5. The topological polar surface area (TPSA) is 0 Å². The predicted molar refractivity (Wildman–Crippen MR) is 66.1 cm³/mol. The minimum Gasteiger partial charge on any atom is -0.130 e. The molecule has 4 heteroatoms. The lowest BCUT2D eigenvalue weighted by Crippen LogP contribution is -1.78. The molecule has 0 atom stereocenters. The van der Waals surface area contributed by atoms with Crippen LogP contribution in [0.15, 0.2) is 0 Å². The van der Waals surface area contributed by atoms with Gasteiger partial charge in [-0.05, 0) is 12.2 Å². The Kier molecular flexibility index (Phi) is 10.9. The van der Waals surface area contributed by atoms with Crippen LogP contribution in [0.3, 0.4) is 0 Å². The maximum Gasteiger partial charge on any atom is 0.0666 e. The van der Waals surface area contributed by atoms with Crippen molar-refractivity contribution in [2.75, 3.05) is 5.75 Å². The van der Waals surface area contributed by atoms with Crippen molar-refractivity contribution in [3.63, 3.8) is 0 Å². The molecular weight excluding hydrogens is 211 g/mol. The van der Waals surface area contributed by atoms with E-state index in [4.69, 9.17) is 0 Å². The Morgan fingerprint density at radius 3 is 2.27 bits per heavy atom. The second-order valence-electron chi connectivity index (χ2n) is 2.50. The molecule has 0 unspecified atom stereocenters. The Morgan fingerprint density at radius 2 is 1.73 bits per heavy atom. The highest BCUT2D eigenvalue weighted by Crippen LogP contribution is 2.58. The summed E-state index contributed by atoms with van der Waals surface area (Å²) in [6, 6.07) is 0. The second kappa shape index (κ2) is 9.57. The van der Waals surface area contributed by atoms with Crippen LogP contribution in [0, 0.1) is 0 Å². The third kappa shape index (κ3) is 11.5. The highest BCUT2D eigenvalue weighted by atomic mass is 33.3. The first-order chi connectivity index (χ1) is 5.27. The second-order valence-corrected chi connectivity index (χ2v) is 10.5. The van der Waals surface area contributed by atoms with Crippen molar-refractivity contribution in [2.24, 2.45) is 0 Å². The van der Waals surface area contributed by atoms with E-state index in [1.54, 1.807) is 0 Å². The van der Waals surface area contributed by atoms with E-state index >= 15 is 0 Å². The minimum atomic E-state index is -0.319. The summed E-state index contributed by atoms with van der Waals surface area (Å²) in [6.45, 7) is 2.25. The Labute approximate surface area is 86.1 Å². The summed E-state index contributed by atoms with van der Waals surface area (Å²) in [7, 11) is 0. The molecule has 0 amide bonds. The van der Waals surface area contributed by atoms with Gasteiger partial charge in [-0.25, -0.2) is 0 Å². The van der Waals surface area contributed by atoms with Gasteiger partial charge in [-0.2, -0.15) is 0 Å². The Bertz CT molecular complexity index is 78.1. The largest absolute Gasteiger partial charge is 0.130 e. The van der Waals surface area contributed by atoms with Crippen LogP contribution < -0.4 is 0 Å². The quantitative estimate of drug-likeness (QED) is 0.359. The summed E-state index contributed by atoms with van der Waals surface area (Å²) in [5.74, 6) is 1.24. The van der Waals surface area contributed by atoms with Crippen LogP contribution in [0.1, 0.15) is 39.0 Å². The SMILES string of the molecule is CCCCCCCSP(S)S. The van der Waals surface area contributed by atoms with E-state index in [0.29, 0.717) is 0 Å². The zero-order valence-electron chi connectivity index (χ0n) is 6.99. The molecule has 0 aliphatic rings. The Hall–Kier alpha value is 1.48. The van der Waals surface area contributed by atoms with Crippen molar-refractivity contribution in [3.05, 3.63) is 0 Å². The number of unbranched alkanes of at least 4 members (excludes halogenated alkanes) is 4. The molecule has 0 aliphatic carbocycles. The van der Waals surface area contributed by atoms with Gasteiger partial charge < -0.3 is 0 Å². The Morgan fingerprint density at radius 1 is 1.09 bits per heavy atom. The lowest BCUT2D eigenvalue weighted by Gasteiger charge is -2.01. The van der Waals surface area contributed by atoms with Crippen LogP contribution in [-0.2, 0) is 0 Å². The number of hydrogen-bond donors (Lipinski definition) is 2. The third-order valence-electron chi connectivity index (χ3n) is 1.45. The van der Waals surface area contributed by atoms with Gasteiger partial charge in [0.2, 0.25) is 0 Å². The molecule has 0 aromatic carbocycles. The van der Waals surface area contributed by atoms with Gasteiger partial charge in [-0.15, -0.1) is 35.9 Å². The fraction of sp³-hybridized carbons (Fsp3) is 1.00. The van der Waals surface area contributed by atoms with E-state index in [-0.39, 0.29) is 5.53 Å². The van der Waals surface area contributed by atoms with Crippen molar-refractivity contribution in [3.8, 4) is 0 Å². The van der Waals surface area contributed by atoms with Gasteiger partial charge in [0.15, 0.2) is 0 Å². The van der Waals surface area contributed by atoms with Gasteiger partial charge in [0, 0.05) is 0 Å². The van der Waals surface area contributed by atoms with E-state index in [0.717, 1.165) is 0 Å². The molecule has 0 fully saturated rings. The van der Waals surface area contributed by atoms with Crippen molar-refractivity contribution in [2.45, 2.75) is 39.0 Å². The molecule has 0 N–H and O–H groups in total. The molecule has 0 saturated carbocycles. The molecule has 0 radical (unpaired) electrons. The lowest BCUT2D eigenvalue weighted by molar-refractivity contribution is 0.660. The lowest BCUT2D eigenvalue weighted by atomic mass is 10.2. The standard InChI is InChI=1S/C7H17PS3/c1-2-3-4-5-6-7-11-8(9)10/h9-10H,2-7H2,1H3. The van der Waals surface area contributed by atoms with Crippen molar-refractivity contribution >= 4 is 41.4 Å². The van der Waals surface area contributed by atoms with Crippen LogP contribution in [0.2, 0.25) is 0 Å². The number of thiol groups is 2. The average molecular weight is 228 g/mol. The van der Waals surface area contributed by atoms with E-state index in [1.807, 2.05) is 11.4 Å². The van der Waals surface area contributed by atoms with Crippen molar-refractivity contribution in [1.82, 2.24) is 0 Å². The Balaban J connectivity index is 2.80.